The van der Waals surface area contributed by atoms with Gasteiger partial charge in [0.2, 0.25) is 0 Å². The summed E-state index contributed by atoms with van der Waals surface area (Å²) in [5, 5.41) is 5.56. The van der Waals surface area contributed by atoms with Crippen LogP contribution in [0.3, 0.4) is 0 Å². The van der Waals surface area contributed by atoms with Gasteiger partial charge >= 0.3 is 6.03 Å². The molecule has 0 aliphatic carbocycles. The maximum Gasteiger partial charge on any atom is 0.315 e. The van der Waals surface area contributed by atoms with Crippen molar-refractivity contribution in [3.63, 3.8) is 0 Å². The number of amides is 2. The highest BCUT2D eigenvalue weighted by atomic mass is 19.1. The van der Waals surface area contributed by atoms with Gasteiger partial charge in [-0.1, -0.05) is 12.1 Å². The van der Waals surface area contributed by atoms with Gasteiger partial charge in [0.15, 0.2) is 0 Å². The summed E-state index contributed by atoms with van der Waals surface area (Å²) in [4.78, 5) is 11.6. The van der Waals surface area contributed by atoms with E-state index in [1.165, 1.54) is 12.1 Å². The zero-order chi connectivity index (χ0) is 13.5. The van der Waals surface area contributed by atoms with Crippen LogP contribution in [-0.4, -0.2) is 25.8 Å². The van der Waals surface area contributed by atoms with E-state index in [1.807, 2.05) is 0 Å². The van der Waals surface area contributed by atoms with Crippen LogP contribution in [0.4, 0.5) is 9.18 Å². The van der Waals surface area contributed by atoms with Crippen LogP contribution in [0.25, 0.3) is 0 Å². The molecular weight excluding hydrogens is 247 g/mol. The van der Waals surface area contributed by atoms with Gasteiger partial charge < -0.3 is 15.4 Å². The molecule has 1 saturated heterocycles. The van der Waals surface area contributed by atoms with E-state index in [4.69, 9.17) is 4.74 Å². The van der Waals surface area contributed by atoms with Gasteiger partial charge in [-0.15, -0.1) is 0 Å². The van der Waals surface area contributed by atoms with Crippen molar-refractivity contribution >= 4 is 6.03 Å². The number of nitrogens with one attached hydrogen (secondary N) is 2. The quantitative estimate of drug-likeness (QED) is 0.876. The van der Waals surface area contributed by atoms with E-state index in [0.29, 0.717) is 19.0 Å². The Kier molecular flexibility index (Phi) is 5.15. The van der Waals surface area contributed by atoms with E-state index in [1.54, 1.807) is 12.1 Å². The van der Waals surface area contributed by atoms with Crippen molar-refractivity contribution in [2.45, 2.75) is 19.4 Å². The van der Waals surface area contributed by atoms with Crippen molar-refractivity contribution in [2.24, 2.45) is 5.92 Å². The van der Waals surface area contributed by atoms with Gasteiger partial charge in [0.25, 0.3) is 0 Å². The first-order valence-corrected chi connectivity index (χ1v) is 6.58. The van der Waals surface area contributed by atoms with Crippen molar-refractivity contribution in [2.75, 3.05) is 19.8 Å². The fraction of sp³-hybridized carbons (Fsp3) is 0.500. The van der Waals surface area contributed by atoms with Gasteiger partial charge in [-0.25, -0.2) is 9.18 Å². The van der Waals surface area contributed by atoms with Gasteiger partial charge in [-0.05, 0) is 36.5 Å². The average Bonchev–Trinajstić information content (AvgIpc) is 2.44. The average molecular weight is 266 g/mol. The number of carbonyl (C=O) groups excluding carboxylic acids is 1. The Bertz CT molecular complexity index is 420. The fourth-order valence-electron chi connectivity index (χ4n) is 2.08. The molecule has 104 valence electrons. The molecule has 0 atom stereocenters. The second-order valence-corrected chi connectivity index (χ2v) is 4.75. The lowest BCUT2D eigenvalue weighted by molar-refractivity contribution is 0.0669. The molecule has 1 aromatic carbocycles. The zero-order valence-corrected chi connectivity index (χ0v) is 10.8. The molecule has 0 spiro atoms. The number of halogens is 1. The Balaban J connectivity index is 1.66. The first-order valence-electron chi connectivity index (χ1n) is 6.58. The molecule has 0 aromatic heterocycles. The predicted octanol–water partition coefficient (Wildman–Crippen LogP) is 2.05. The van der Waals surface area contributed by atoms with Crippen molar-refractivity contribution < 1.29 is 13.9 Å². The SMILES string of the molecule is O=C(NCc1cccc(F)c1)NCC1CCOCC1. The molecule has 2 rings (SSSR count). The van der Waals surface area contributed by atoms with Crippen LogP contribution in [0.5, 0.6) is 0 Å². The summed E-state index contributed by atoms with van der Waals surface area (Å²) in [6.45, 7) is 2.55. The smallest absolute Gasteiger partial charge is 0.315 e. The molecule has 0 saturated carbocycles. The molecule has 1 aliphatic heterocycles. The van der Waals surface area contributed by atoms with Gasteiger partial charge in [0.1, 0.15) is 5.82 Å². The third-order valence-electron chi connectivity index (χ3n) is 3.23. The molecule has 0 unspecified atom stereocenters. The van der Waals surface area contributed by atoms with Crippen molar-refractivity contribution in [3.05, 3.63) is 35.6 Å². The highest BCUT2D eigenvalue weighted by Crippen LogP contribution is 2.12. The minimum atomic E-state index is -0.290. The Labute approximate surface area is 112 Å². The van der Waals surface area contributed by atoms with Gasteiger partial charge in [-0.3, -0.25) is 0 Å². The molecule has 1 heterocycles. The molecule has 19 heavy (non-hydrogen) atoms. The third-order valence-corrected chi connectivity index (χ3v) is 3.23. The fourth-order valence-corrected chi connectivity index (χ4v) is 2.08. The Morgan fingerprint density at radius 2 is 2.11 bits per heavy atom. The highest BCUT2D eigenvalue weighted by Gasteiger charge is 2.14. The number of carbonyl (C=O) groups is 1. The molecular formula is C14H19FN2O2. The minimum Gasteiger partial charge on any atom is -0.381 e. The van der Waals surface area contributed by atoms with E-state index < -0.39 is 0 Å². The number of benzene rings is 1. The van der Waals surface area contributed by atoms with Crippen LogP contribution in [0, 0.1) is 11.7 Å². The molecule has 1 aliphatic rings. The van der Waals surface area contributed by atoms with E-state index >= 15 is 0 Å². The Morgan fingerprint density at radius 3 is 2.84 bits per heavy atom. The monoisotopic (exact) mass is 266 g/mol. The first-order chi connectivity index (χ1) is 9.24. The van der Waals surface area contributed by atoms with Gasteiger partial charge in [0.05, 0.1) is 0 Å². The Morgan fingerprint density at radius 1 is 1.32 bits per heavy atom. The number of ether oxygens (including phenoxy) is 1. The molecule has 0 bridgehead atoms. The largest absolute Gasteiger partial charge is 0.381 e. The summed E-state index contributed by atoms with van der Waals surface area (Å²) in [6.07, 6.45) is 1.98. The first kappa shape index (κ1) is 13.8. The summed E-state index contributed by atoms with van der Waals surface area (Å²) in [5.74, 6) is 0.204. The predicted molar refractivity (Wildman–Crippen MR) is 70.2 cm³/mol. The molecule has 1 fully saturated rings. The lowest BCUT2D eigenvalue weighted by Crippen LogP contribution is -2.39. The van der Waals surface area contributed by atoms with Crippen LogP contribution >= 0.6 is 0 Å². The van der Waals surface area contributed by atoms with Crippen molar-refractivity contribution in [3.8, 4) is 0 Å². The molecule has 2 N–H and O–H groups in total. The molecule has 2 amide bonds. The summed E-state index contributed by atoms with van der Waals surface area (Å²) in [6, 6.07) is 6.00. The van der Waals surface area contributed by atoms with E-state index in [2.05, 4.69) is 10.6 Å². The number of hydrogen-bond acceptors (Lipinski definition) is 2. The molecule has 0 radical (unpaired) electrons. The molecule has 4 nitrogen and oxygen atoms in total. The lowest BCUT2D eigenvalue weighted by Gasteiger charge is -2.22. The second-order valence-electron chi connectivity index (χ2n) is 4.75. The Hall–Kier alpha value is -1.62. The van der Waals surface area contributed by atoms with Crippen LogP contribution < -0.4 is 10.6 Å². The lowest BCUT2D eigenvalue weighted by atomic mass is 10.0. The van der Waals surface area contributed by atoms with Crippen molar-refractivity contribution in [1.82, 2.24) is 10.6 Å². The highest BCUT2D eigenvalue weighted by molar-refractivity contribution is 5.73. The summed E-state index contributed by atoms with van der Waals surface area (Å²) in [5.41, 5.74) is 0.751. The van der Waals surface area contributed by atoms with E-state index in [-0.39, 0.29) is 11.8 Å². The van der Waals surface area contributed by atoms with Crippen molar-refractivity contribution in [1.29, 1.82) is 0 Å². The number of urea groups is 1. The standard InChI is InChI=1S/C14H19FN2O2/c15-13-3-1-2-12(8-13)10-17-14(18)16-9-11-4-6-19-7-5-11/h1-3,8,11H,4-7,9-10H2,(H2,16,17,18). The van der Waals surface area contributed by atoms with Crippen LogP contribution in [-0.2, 0) is 11.3 Å². The normalized spacial score (nSPS) is 16.1. The maximum absolute atomic E-state index is 12.9. The summed E-state index contributed by atoms with van der Waals surface area (Å²) in [7, 11) is 0. The topological polar surface area (TPSA) is 50.4 Å². The van der Waals surface area contributed by atoms with E-state index in [0.717, 1.165) is 31.6 Å². The molecule has 5 heteroatoms. The molecule has 1 aromatic rings. The van der Waals surface area contributed by atoms with Gasteiger partial charge in [-0.2, -0.15) is 0 Å². The number of rotatable bonds is 4. The summed E-state index contributed by atoms with van der Waals surface area (Å²) >= 11 is 0. The van der Waals surface area contributed by atoms with Gasteiger partial charge in [0, 0.05) is 26.3 Å². The second kappa shape index (κ2) is 7.09. The third kappa shape index (κ3) is 4.87. The maximum atomic E-state index is 12.9. The number of hydrogen-bond donors (Lipinski definition) is 2. The van der Waals surface area contributed by atoms with Crippen LogP contribution in [0.1, 0.15) is 18.4 Å². The minimum absolute atomic E-state index is 0.212. The van der Waals surface area contributed by atoms with E-state index in [9.17, 15) is 9.18 Å². The van der Waals surface area contributed by atoms with Crippen LogP contribution in [0.15, 0.2) is 24.3 Å². The van der Waals surface area contributed by atoms with Crippen LogP contribution in [0.2, 0.25) is 0 Å². The zero-order valence-electron chi connectivity index (χ0n) is 10.8. The summed E-state index contributed by atoms with van der Waals surface area (Å²) < 4.78 is 18.2.